The van der Waals surface area contributed by atoms with Crippen LogP contribution in [0.2, 0.25) is 0 Å². The summed E-state index contributed by atoms with van der Waals surface area (Å²) in [6, 6.07) is 7.84. The van der Waals surface area contributed by atoms with Crippen LogP contribution in [0.1, 0.15) is 5.56 Å². The van der Waals surface area contributed by atoms with E-state index < -0.39 is 0 Å². The first-order chi connectivity index (χ1) is 13.8. The Bertz CT molecular complexity index is 952. The number of fused-ring (bicyclic) bond motifs is 1. The zero-order valence-electron chi connectivity index (χ0n) is 15.3. The van der Waals surface area contributed by atoms with Crippen molar-refractivity contribution in [3.8, 4) is 22.9 Å². The van der Waals surface area contributed by atoms with Gasteiger partial charge in [0.05, 0.1) is 13.2 Å². The summed E-state index contributed by atoms with van der Waals surface area (Å²) in [5, 5.41) is 9.64. The molecule has 28 heavy (non-hydrogen) atoms. The molecule has 0 saturated heterocycles. The van der Waals surface area contributed by atoms with Crippen LogP contribution in [0, 0.1) is 0 Å². The summed E-state index contributed by atoms with van der Waals surface area (Å²) in [5.41, 5.74) is 2.09. The summed E-state index contributed by atoms with van der Waals surface area (Å²) in [7, 11) is 1.69. The number of halogens is 1. The highest BCUT2D eigenvalue weighted by Crippen LogP contribution is 2.38. The van der Waals surface area contributed by atoms with E-state index in [1.165, 1.54) is 0 Å². The van der Waals surface area contributed by atoms with Crippen molar-refractivity contribution >= 4 is 27.7 Å². The first-order valence-corrected chi connectivity index (χ1v) is 10.6. The largest absolute Gasteiger partial charge is 0.486 e. The van der Waals surface area contributed by atoms with Gasteiger partial charge in [-0.3, -0.25) is 9.55 Å². The van der Waals surface area contributed by atoms with Gasteiger partial charge < -0.3 is 14.2 Å². The van der Waals surface area contributed by atoms with Crippen molar-refractivity contribution in [2.45, 2.75) is 17.5 Å². The maximum atomic E-state index is 5.70. The molecule has 3 heterocycles. The monoisotopic (exact) mass is 462 g/mol. The molecular formula is C19H19BrN4O3S. The zero-order chi connectivity index (χ0) is 19.3. The molecule has 3 aromatic rings. The highest BCUT2D eigenvalue weighted by molar-refractivity contribution is 9.10. The lowest BCUT2D eigenvalue weighted by molar-refractivity contribution is 0.171. The second kappa shape index (κ2) is 8.93. The van der Waals surface area contributed by atoms with Crippen LogP contribution < -0.4 is 9.47 Å². The van der Waals surface area contributed by atoms with E-state index in [-0.39, 0.29) is 0 Å². The van der Waals surface area contributed by atoms with Gasteiger partial charge in [0.15, 0.2) is 22.5 Å². The number of methoxy groups -OCH3 is 1. The van der Waals surface area contributed by atoms with Crippen LogP contribution in [-0.4, -0.2) is 46.7 Å². The molecule has 1 aromatic carbocycles. The average molecular weight is 463 g/mol. The Balaban J connectivity index is 1.57. The molecule has 9 heteroatoms. The summed E-state index contributed by atoms with van der Waals surface area (Å²) in [5.74, 6) is 3.08. The predicted molar refractivity (Wildman–Crippen MR) is 110 cm³/mol. The Kier molecular flexibility index (Phi) is 6.13. The van der Waals surface area contributed by atoms with Crippen LogP contribution in [-0.2, 0) is 17.0 Å². The second-order valence-electron chi connectivity index (χ2n) is 6.06. The Hall–Kier alpha value is -2.10. The van der Waals surface area contributed by atoms with Crippen LogP contribution in [0.3, 0.4) is 0 Å². The quantitative estimate of drug-likeness (QED) is 0.494. The first kappa shape index (κ1) is 19.2. The smallest absolute Gasteiger partial charge is 0.191 e. The second-order valence-corrected chi connectivity index (χ2v) is 7.86. The Morgan fingerprint density at radius 2 is 1.89 bits per heavy atom. The van der Waals surface area contributed by atoms with E-state index in [4.69, 9.17) is 14.2 Å². The zero-order valence-corrected chi connectivity index (χ0v) is 17.7. The van der Waals surface area contributed by atoms with Gasteiger partial charge in [0.2, 0.25) is 0 Å². The van der Waals surface area contributed by atoms with Gasteiger partial charge in [-0.2, -0.15) is 0 Å². The topological polar surface area (TPSA) is 71.3 Å². The maximum absolute atomic E-state index is 5.70. The third-order valence-corrected chi connectivity index (χ3v) is 6.00. The SMILES string of the molecule is COCCn1c(SCc2cc3c(cc2Br)OCCO3)nnc1-c1ccncc1. The van der Waals surface area contributed by atoms with Crippen molar-refractivity contribution in [2.24, 2.45) is 0 Å². The molecule has 1 aliphatic rings. The molecule has 2 aromatic heterocycles. The molecule has 0 bridgehead atoms. The molecule has 0 aliphatic carbocycles. The van der Waals surface area contributed by atoms with Gasteiger partial charge >= 0.3 is 0 Å². The van der Waals surface area contributed by atoms with Crippen molar-refractivity contribution < 1.29 is 14.2 Å². The average Bonchev–Trinajstić information content (AvgIpc) is 3.14. The third kappa shape index (κ3) is 4.16. The van der Waals surface area contributed by atoms with E-state index in [9.17, 15) is 0 Å². The third-order valence-electron chi connectivity index (χ3n) is 4.24. The number of ether oxygens (including phenoxy) is 3. The fourth-order valence-electron chi connectivity index (χ4n) is 2.85. The van der Waals surface area contributed by atoms with Gasteiger partial charge in [-0.1, -0.05) is 27.7 Å². The number of hydrogen-bond donors (Lipinski definition) is 0. The number of nitrogens with zero attached hydrogens (tertiary/aromatic N) is 4. The minimum atomic E-state index is 0.571. The van der Waals surface area contributed by atoms with Gasteiger partial charge in [0.25, 0.3) is 0 Å². The van der Waals surface area contributed by atoms with Crippen LogP contribution in [0.15, 0.2) is 46.3 Å². The van der Waals surface area contributed by atoms with Crippen molar-refractivity contribution in [1.29, 1.82) is 0 Å². The molecule has 0 spiro atoms. The molecule has 0 saturated carbocycles. The van der Waals surface area contributed by atoms with Gasteiger partial charge in [-0.25, -0.2) is 0 Å². The van der Waals surface area contributed by atoms with E-state index in [0.717, 1.165) is 43.8 Å². The van der Waals surface area contributed by atoms with E-state index in [1.54, 1.807) is 31.3 Å². The normalized spacial score (nSPS) is 12.9. The Labute approximate surface area is 175 Å². The van der Waals surface area contributed by atoms with E-state index in [1.807, 2.05) is 24.3 Å². The molecular weight excluding hydrogens is 444 g/mol. The van der Waals surface area contributed by atoms with Crippen LogP contribution in [0.4, 0.5) is 0 Å². The van der Waals surface area contributed by atoms with Crippen molar-refractivity contribution in [3.63, 3.8) is 0 Å². The first-order valence-electron chi connectivity index (χ1n) is 8.79. The van der Waals surface area contributed by atoms with Crippen LogP contribution >= 0.6 is 27.7 Å². The van der Waals surface area contributed by atoms with Crippen molar-refractivity contribution in [2.75, 3.05) is 26.9 Å². The number of benzene rings is 1. The lowest BCUT2D eigenvalue weighted by Gasteiger charge is -2.19. The fraction of sp³-hybridized carbons (Fsp3) is 0.316. The van der Waals surface area contributed by atoms with Gasteiger partial charge in [-0.15, -0.1) is 10.2 Å². The van der Waals surface area contributed by atoms with Gasteiger partial charge in [0.1, 0.15) is 13.2 Å². The molecule has 146 valence electrons. The molecule has 0 atom stereocenters. The van der Waals surface area contributed by atoms with Gasteiger partial charge in [-0.05, 0) is 29.8 Å². The molecule has 1 aliphatic heterocycles. The molecule has 7 nitrogen and oxygen atoms in total. The fourth-order valence-corrected chi connectivity index (χ4v) is 4.46. The highest BCUT2D eigenvalue weighted by atomic mass is 79.9. The summed E-state index contributed by atoms with van der Waals surface area (Å²) in [6.07, 6.45) is 3.51. The number of thioether (sulfide) groups is 1. The molecule has 4 rings (SSSR count). The minimum absolute atomic E-state index is 0.571. The van der Waals surface area contributed by atoms with E-state index in [0.29, 0.717) is 26.4 Å². The molecule has 0 amide bonds. The number of pyridine rings is 1. The molecule has 0 N–H and O–H groups in total. The predicted octanol–water partition coefficient (Wildman–Crippen LogP) is 3.81. The summed E-state index contributed by atoms with van der Waals surface area (Å²) in [6.45, 7) is 2.40. The van der Waals surface area contributed by atoms with Crippen LogP contribution in [0.25, 0.3) is 11.4 Å². The molecule has 0 fully saturated rings. The van der Waals surface area contributed by atoms with E-state index in [2.05, 4.69) is 35.7 Å². The summed E-state index contributed by atoms with van der Waals surface area (Å²) < 4.78 is 19.7. The van der Waals surface area contributed by atoms with Crippen molar-refractivity contribution in [3.05, 3.63) is 46.7 Å². The number of aromatic nitrogens is 4. The van der Waals surface area contributed by atoms with Gasteiger partial charge in [0, 0.05) is 35.3 Å². The lowest BCUT2D eigenvalue weighted by Crippen LogP contribution is -2.15. The minimum Gasteiger partial charge on any atom is -0.486 e. The van der Waals surface area contributed by atoms with E-state index >= 15 is 0 Å². The lowest BCUT2D eigenvalue weighted by atomic mass is 10.2. The molecule has 0 radical (unpaired) electrons. The Morgan fingerprint density at radius 1 is 1.14 bits per heavy atom. The summed E-state index contributed by atoms with van der Waals surface area (Å²) in [4.78, 5) is 4.08. The highest BCUT2D eigenvalue weighted by Gasteiger charge is 2.18. The number of hydrogen-bond acceptors (Lipinski definition) is 7. The maximum Gasteiger partial charge on any atom is 0.191 e. The van der Waals surface area contributed by atoms with Crippen molar-refractivity contribution in [1.82, 2.24) is 19.7 Å². The Morgan fingerprint density at radius 3 is 2.64 bits per heavy atom. The summed E-state index contributed by atoms with van der Waals surface area (Å²) >= 11 is 5.26. The molecule has 0 unspecified atom stereocenters. The van der Waals surface area contributed by atoms with Crippen LogP contribution in [0.5, 0.6) is 11.5 Å². The standard InChI is InChI=1S/C19H19BrN4O3S/c1-25-7-6-24-18(13-2-4-21-5-3-13)22-23-19(24)28-12-14-10-16-17(11-15(14)20)27-9-8-26-16/h2-5,10-11H,6-9,12H2,1H3. The number of rotatable bonds is 7.